The average Bonchev–Trinajstić information content (AvgIpc) is 3.33. The number of likely N-dealkylation sites (tertiary alicyclic amines) is 1. The highest BCUT2D eigenvalue weighted by Crippen LogP contribution is 2.31. The first-order chi connectivity index (χ1) is 15.0. The summed E-state index contributed by atoms with van der Waals surface area (Å²) in [6, 6.07) is 16.6. The van der Waals surface area contributed by atoms with Gasteiger partial charge >= 0.3 is 0 Å². The second-order valence-electron chi connectivity index (χ2n) is 9.11. The maximum atomic E-state index is 13.0. The number of benzene rings is 2. The molecule has 5 heteroatoms. The van der Waals surface area contributed by atoms with Crippen LogP contribution < -0.4 is 5.32 Å². The highest BCUT2D eigenvalue weighted by molar-refractivity contribution is 5.90. The van der Waals surface area contributed by atoms with Crippen LogP contribution in [0.4, 0.5) is 0 Å². The van der Waals surface area contributed by atoms with Gasteiger partial charge in [0, 0.05) is 42.0 Å². The van der Waals surface area contributed by atoms with Crippen LogP contribution in [-0.2, 0) is 22.4 Å². The van der Waals surface area contributed by atoms with Gasteiger partial charge in [-0.15, -0.1) is 0 Å². The van der Waals surface area contributed by atoms with E-state index in [-0.39, 0.29) is 29.8 Å². The van der Waals surface area contributed by atoms with E-state index >= 15 is 0 Å². The lowest BCUT2D eigenvalue weighted by molar-refractivity contribution is -0.130. The lowest BCUT2D eigenvalue weighted by atomic mass is 9.91. The van der Waals surface area contributed by atoms with Crippen molar-refractivity contribution in [3.05, 3.63) is 70.9 Å². The molecule has 1 aliphatic heterocycles. The summed E-state index contributed by atoms with van der Waals surface area (Å²) in [5.41, 5.74) is 6.17. The van der Waals surface area contributed by atoms with Gasteiger partial charge in [0.05, 0.1) is 12.0 Å². The maximum absolute atomic E-state index is 13.0. The Labute approximate surface area is 182 Å². The topological polar surface area (TPSA) is 65.2 Å². The summed E-state index contributed by atoms with van der Waals surface area (Å²) in [6.45, 7) is 4.65. The van der Waals surface area contributed by atoms with E-state index in [0.29, 0.717) is 13.0 Å². The average molecular weight is 416 g/mol. The summed E-state index contributed by atoms with van der Waals surface area (Å²) in [4.78, 5) is 31.0. The fourth-order valence-electron chi connectivity index (χ4n) is 5.18. The standard InChI is InChI=1S/C26H29N3O2/c1-16-8-11-23-22(12-16)21-10-9-20(14-24(21)28-23)27-26(31)19-13-25(30)29(15-19)17(2)18-6-4-3-5-7-18/h3-8,11-12,17,19-20,28H,9-10,13-15H2,1-2H3,(H,27,31). The number of aromatic nitrogens is 1. The van der Waals surface area contributed by atoms with Crippen LogP contribution in [0.5, 0.6) is 0 Å². The molecule has 1 aliphatic carbocycles. The number of carbonyl (C=O) groups excluding carboxylic acids is 2. The number of rotatable bonds is 4. The van der Waals surface area contributed by atoms with Crippen LogP contribution in [0, 0.1) is 12.8 Å². The van der Waals surface area contributed by atoms with Crippen molar-refractivity contribution in [3.8, 4) is 0 Å². The van der Waals surface area contributed by atoms with Crippen LogP contribution in [0.3, 0.4) is 0 Å². The molecule has 160 valence electrons. The lowest BCUT2D eigenvalue weighted by Crippen LogP contribution is -2.42. The van der Waals surface area contributed by atoms with Crippen LogP contribution in [0.15, 0.2) is 48.5 Å². The van der Waals surface area contributed by atoms with Gasteiger partial charge < -0.3 is 15.2 Å². The molecule has 2 N–H and O–H groups in total. The third-order valence-corrected chi connectivity index (χ3v) is 6.97. The first-order valence-electron chi connectivity index (χ1n) is 11.2. The molecule has 0 bridgehead atoms. The molecule has 3 atom stereocenters. The van der Waals surface area contributed by atoms with Gasteiger partial charge in [0.1, 0.15) is 0 Å². The predicted molar refractivity (Wildman–Crippen MR) is 122 cm³/mol. The molecule has 1 saturated heterocycles. The zero-order chi connectivity index (χ0) is 21.5. The number of aryl methyl sites for hydroxylation is 2. The molecule has 0 spiro atoms. The van der Waals surface area contributed by atoms with Crippen molar-refractivity contribution in [2.24, 2.45) is 5.92 Å². The van der Waals surface area contributed by atoms with Crippen molar-refractivity contribution in [2.75, 3.05) is 6.54 Å². The second kappa shape index (κ2) is 7.88. The van der Waals surface area contributed by atoms with Crippen LogP contribution in [0.2, 0.25) is 0 Å². The molecule has 3 unspecified atom stereocenters. The molecule has 2 amide bonds. The first kappa shape index (κ1) is 19.9. The highest BCUT2D eigenvalue weighted by atomic mass is 16.2. The second-order valence-corrected chi connectivity index (χ2v) is 9.11. The van der Waals surface area contributed by atoms with E-state index < -0.39 is 0 Å². The molecule has 5 nitrogen and oxygen atoms in total. The first-order valence-corrected chi connectivity index (χ1v) is 11.2. The van der Waals surface area contributed by atoms with Crippen LogP contribution in [0.25, 0.3) is 10.9 Å². The minimum atomic E-state index is -0.273. The summed E-state index contributed by atoms with van der Waals surface area (Å²) in [7, 11) is 0. The summed E-state index contributed by atoms with van der Waals surface area (Å²) >= 11 is 0. The zero-order valence-electron chi connectivity index (χ0n) is 18.2. The van der Waals surface area contributed by atoms with Crippen LogP contribution in [0.1, 0.15) is 48.2 Å². The molecule has 2 heterocycles. The number of hydrogen-bond acceptors (Lipinski definition) is 2. The summed E-state index contributed by atoms with van der Waals surface area (Å²) in [5, 5.41) is 4.55. The number of fused-ring (bicyclic) bond motifs is 3. The van der Waals surface area contributed by atoms with E-state index in [4.69, 9.17) is 0 Å². The van der Waals surface area contributed by atoms with E-state index in [1.54, 1.807) is 0 Å². The third kappa shape index (κ3) is 3.73. The fourth-order valence-corrected chi connectivity index (χ4v) is 5.18. The van der Waals surface area contributed by atoms with E-state index in [2.05, 4.69) is 35.4 Å². The Morgan fingerprint density at radius 3 is 2.77 bits per heavy atom. The molecule has 0 radical (unpaired) electrons. The van der Waals surface area contributed by atoms with Gasteiger partial charge in [0.15, 0.2) is 0 Å². The van der Waals surface area contributed by atoms with E-state index in [9.17, 15) is 9.59 Å². The number of nitrogens with one attached hydrogen (secondary N) is 2. The monoisotopic (exact) mass is 415 g/mol. The Bertz CT molecular complexity index is 1130. The van der Waals surface area contributed by atoms with E-state index in [0.717, 1.165) is 24.8 Å². The van der Waals surface area contributed by atoms with Crippen molar-refractivity contribution >= 4 is 22.7 Å². The molecule has 5 rings (SSSR count). The molecule has 2 aliphatic rings. The maximum Gasteiger partial charge on any atom is 0.225 e. The fraction of sp³-hybridized carbons (Fsp3) is 0.385. The minimum absolute atomic E-state index is 0.0107. The Kier molecular flexibility index (Phi) is 5.05. The lowest BCUT2D eigenvalue weighted by Gasteiger charge is -2.26. The normalized spacial score (nSPS) is 21.9. The van der Waals surface area contributed by atoms with Crippen molar-refractivity contribution in [3.63, 3.8) is 0 Å². The smallest absolute Gasteiger partial charge is 0.225 e. The van der Waals surface area contributed by atoms with Crippen molar-refractivity contribution in [2.45, 2.75) is 51.6 Å². The number of nitrogens with zero attached hydrogens (tertiary/aromatic N) is 1. The summed E-state index contributed by atoms with van der Waals surface area (Å²) < 4.78 is 0. The molecular formula is C26H29N3O2. The summed E-state index contributed by atoms with van der Waals surface area (Å²) in [6.07, 6.45) is 3.02. The van der Waals surface area contributed by atoms with E-state index in [1.807, 2.05) is 42.2 Å². The van der Waals surface area contributed by atoms with Crippen molar-refractivity contribution < 1.29 is 9.59 Å². The Balaban J connectivity index is 1.24. The third-order valence-electron chi connectivity index (χ3n) is 6.97. The van der Waals surface area contributed by atoms with Gasteiger partial charge in [-0.3, -0.25) is 9.59 Å². The van der Waals surface area contributed by atoms with Crippen LogP contribution in [-0.4, -0.2) is 34.3 Å². The number of carbonyl (C=O) groups is 2. The molecule has 2 aromatic carbocycles. The van der Waals surface area contributed by atoms with Gasteiger partial charge in [-0.25, -0.2) is 0 Å². The van der Waals surface area contributed by atoms with Gasteiger partial charge in [-0.2, -0.15) is 0 Å². The Morgan fingerprint density at radius 1 is 1.16 bits per heavy atom. The predicted octanol–water partition coefficient (Wildman–Crippen LogP) is 4.06. The van der Waals surface area contributed by atoms with Crippen molar-refractivity contribution in [1.82, 2.24) is 15.2 Å². The number of H-pyrrole nitrogens is 1. The van der Waals surface area contributed by atoms with Gasteiger partial charge in [-0.1, -0.05) is 42.0 Å². The molecular weight excluding hydrogens is 386 g/mol. The molecule has 0 saturated carbocycles. The van der Waals surface area contributed by atoms with Gasteiger partial charge in [-0.05, 0) is 49.9 Å². The number of hydrogen-bond donors (Lipinski definition) is 2. The Morgan fingerprint density at radius 2 is 1.97 bits per heavy atom. The summed E-state index contributed by atoms with van der Waals surface area (Å²) in [5.74, 6) is -0.199. The number of amides is 2. The quantitative estimate of drug-likeness (QED) is 0.675. The van der Waals surface area contributed by atoms with Crippen LogP contribution >= 0.6 is 0 Å². The Hall–Kier alpha value is -3.08. The van der Waals surface area contributed by atoms with Gasteiger partial charge in [0.25, 0.3) is 0 Å². The molecule has 1 aromatic heterocycles. The molecule has 1 fully saturated rings. The highest BCUT2D eigenvalue weighted by Gasteiger charge is 2.38. The number of aromatic amines is 1. The molecule has 31 heavy (non-hydrogen) atoms. The van der Waals surface area contributed by atoms with Gasteiger partial charge in [0.2, 0.25) is 11.8 Å². The van der Waals surface area contributed by atoms with Crippen molar-refractivity contribution in [1.29, 1.82) is 0 Å². The zero-order valence-corrected chi connectivity index (χ0v) is 18.2. The largest absolute Gasteiger partial charge is 0.358 e. The molecule has 3 aromatic rings. The SMILES string of the molecule is Cc1ccc2[nH]c3c(c2c1)CCC(NC(=O)C1CC(=O)N(C(C)c2ccccc2)C1)C3. The van der Waals surface area contributed by atoms with E-state index in [1.165, 1.54) is 27.7 Å². The minimum Gasteiger partial charge on any atom is -0.358 e.